The standard InChI is InChI=1S/C12H11N5S/c1-14-12-17-11(6-18-12)9-2-4-10(5-3-9)16-8-15-7-13/h2-6,8H,1H3,(H,14,17)(H,15,16). The first-order chi connectivity index (χ1) is 8.83. The van der Waals surface area contributed by atoms with E-state index in [2.05, 4.69) is 20.6 Å². The molecule has 90 valence electrons. The largest absolute Gasteiger partial charge is 0.365 e. The van der Waals surface area contributed by atoms with Crippen LogP contribution < -0.4 is 10.6 Å². The van der Waals surface area contributed by atoms with Crippen LogP contribution in [-0.4, -0.2) is 18.4 Å². The van der Waals surface area contributed by atoms with Gasteiger partial charge in [-0.1, -0.05) is 12.1 Å². The van der Waals surface area contributed by atoms with Gasteiger partial charge in [-0.05, 0) is 12.1 Å². The zero-order valence-electron chi connectivity index (χ0n) is 9.71. The number of rotatable bonds is 4. The maximum Gasteiger partial charge on any atom is 0.182 e. The highest BCUT2D eigenvalue weighted by molar-refractivity contribution is 7.14. The Morgan fingerprint density at radius 2 is 2.17 bits per heavy atom. The average Bonchev–Trinajstić information content (AvgIpc) is 2.89. The molecule has 0 unspecified atom stereocenters. The number of hydrogen-bond donors (Lipinski definition) is 2. The topological polar surface area (TPSA) is 73.1 Å². The van der Waals surface area contributed by atoms with Crippen molar-refractivity contribution in [3.63, 3.8) is 0 Å². The van der Waals surface area contributed by atoms with Crippen molar-refractivity contribution in [2.24, 2.45) is 4.99 Å². The first-order valence-electron chi connectivity index (χ1n) is 5.24. The van der Waals surface area contributed by atoms with E-state index in [1.807, 2.05) is 36.7 Å². The summed E-state index contributed by atoms with van der Waals surface area (Å²) < 4.78 is 0. The molecule has 1 heterocycles. The van der Waals surface area contributed by atoms with Crippen LogP contribution in [0.1, 0.15) is 0 Å². The average molecular weight is 257 g/mol. The van der Waals surface area contributed by atoms with Gasteiger partial charge in [0.2, 0.25) is 0 Å². The van der Waals surface area contributed by atoms with Crippen LogP contribution >= 0.6 is 11.3 Å². The summed E-state index contributed by atoms with van der Waals surface area (Å²) in [6.45, 7) is 0. The van der Waals surface area contributed by atoms with Gasteiger partial charge in [0.1, 0.15) is 6.34 Å². The van der Waals surface area contributed by atoms with Gasteiger partial charge in [-0.25, -0.2) is 9.98 Å². The van der Waals surface area contributed by atoms with Crippen LogP contribution in [0.3, 0.4) is 0 Å². The summed E-state index contributed by atoms with van der Waals surface area (Å²) in [4.78, 5) is 8.48. The van der Waals surface area contributed by atoms with Crippen LogP contribution in [0.15, 0.2) is 34.6 Å². The van der Waals surface area contributed by atoms with Crippen molar-refractivity contribution in [3.8, 4) is 17.5 Å². The molecule has 0 saturated heterocycles. The molecule has 0 atom stereocenters. The Balaban J connectivity index is 2.14. The highest BCUT2D eigenvalue weighted by Crippen LogP contribution is 2.26. The van der Waals surface area contributed by atoms with Gasteiger partial charge in [0.25, 0.3) is 0 Å². The molecule has 2 N–H and O–H groups in total. The molecule has 5 nitrogen and oxygen atoms in total. The first-order valence-corrected chi connectivity index (χ1v) is 6.12. The minimum Gasteiger partial charge on any atom is -0.365 e. The van der Waals surface area contributed by atoms with Crippen molar-refractivity contribution in [3.05, 3.63) is 29.6 Å². The second kappa shape index (κ2) is 5.80. The summed E-state index contributed by atoms with van der Waals surface area (Å²) >= 11 is 1.57. The van der Waals surface area contributed by atoms with E-state index in [9.17, 15) is 0 Å². The van der Waals surface area contributed by atoms with E-state index in [-0.39, 0.29) is 0 Å². The molecule has 0 fully saturated rings. The Labute approximate surface area is 109 Å². The minimum absolute atomic E-state index is 0.783. The lowest BCUT2D eigenvalue weighted by Crippen LogP contribution is -1.98. The highest BCUT2D eigenvalue weighted by atomic mass is 32.1. The van der Waals surface area contributed by atoms with Crippen molar-refractivity contribution < 1.29 is 0 Å². The second-order valence-electron chi connectivity index (χ2n) is 3.35. The maximum absolute atomic E-state index is 8.30. The fourth-order valence-corrected chi connectivity index (χ4v) is 2.06. The van der Waals surface area contributed by atoms with Crippen LogP contribution in [0.2, 0.25) is 0 Å². The number of nitrogens with one attached hydrogen (secondary N) is 2. The van der Waals surface area contributed by atoms with E-state index >= 15 is 0 Å². The predicted octanol–water partition coefficient (Wildman–Crippen LogP) is 2.58. The predicted molar refractivity (Wildman–Crippen MR) is 74.0 cm³/mol. The molecule has 2 aromatic rings. The van der Waals surface area contributed by atoms with Crippen LogP contribution in [0.4, 0.5) is 10.8 Å². The lowest BCUT2D eigenvalue weighted by Gasteiger charge is -1.97. The fraction of sp³-hybridized carbons (Fsp3) is 0.0833. The van der Waals surface area contributed by atoms with Gasteiger partial charge in [0.05, 0.1) is 11.4 Å². The normalized spacial score (nSPS) is 10.2. The summed E-state index contributed by atoms with van der Waals surface area (Å²) in [5.74, 6) is 0. The molecule has 0 spiro atoms. The number of thiazole rings is 1. The molecule has 0 amide bonds. The molecule has 0 radical (unpaired) electrons. The zero-order valence-corrected chi connectivity index (χ0v) is 10.5. The first kappa shape index (κ1) is 12.1. The summed E-state index contributed by atoms with van der Waals surface area (Å²) in [5, 5.41) is 16.5. The molecule has 1 aromatic heterocycles. The third-order valence-electron chi connectivity index (χ3n) is 2.22. The molecule has 0 aliphatic heterocycles. The van der Waals surface area contributed by atoms with E-state index in [1.165, 1.54) is 6.34 Å². The monoisotopic (exact) mass is 257 g/mol. The number of aromatic nitrogens is 1. The van der Waals surface area contributed by atoms with Crippen molar-refractivity contribution in [1.29, 1.82) is 5.26 Å². The van der Waals surface area contributed by atoms with Crippen LogP contribution in [0.25, 0.3) is 11.3 Å². The molecule has 6 heteroatoms. The Bertz CT molecular complexity index is 579. The van der Waals surface area contributed by atoms with Crippen molar-refractivity contribution in [2.45, 2.75) is 0 Å². The van der Waals surface area contributed by atoms with Crippen LogP contribution in [-0.2, 0) is 0 Å². The van der Waals surface area contributed by atoms with Gasteiger partial charge in [-0.3, -0.25) is 5.32 Å². The smallest absolute Gasteiger partial charge is 0.182 e. The molecule has 0 aliphatic rings. The number of nitriles is 1. The van der Waals surface area contributed by atoms with Gasteiger partial charge in [-0.15, -0.1) is 11.3 Å². The summed E-state index contributed by atoms with van der Waals surface area (Å²) in [6, 6.07) is 7.66. The van der Waals surface area contributed by atoms with Crippen molar-refractivity contribution in [2.75, 3.05) is 12.4 Å². The Kier molecular flexibility index (Phi) is 3.89. The number of benzene rings is 1. The number of aliphatic imine (C=N–C) groups is 1. The number of anilines is 1. The molecular weight excluding hydrogens is 246 g/mol. The number of hydrogen-bond acceptors (Lipinski definition) is 5. The summed E-state index contributed by atoms with van der Waals surface area (Å²) in [5.41, 5.74) is 2.76. The van der Waals surface area contributed by atoms with Crippen LogP contribution in [0.5, 0.6) is 0 Å². The highest BCUT2D eigenvalue weighted by Gasteiger charge is 2.02. The van der Waals surface area contributed by atoms with E-state index in [1.54, 1.807) is 17.5 Å². The summed E-state index contributed by atoms with van der Waals surface area (Å²) in [7, 11) is 1.85. The molecule has 0 saturated carbocycles. The maximum atomic E-state index is 8.30. The molecule has 0 bridgehead atoms. The third-order valence-corrected chi connectivity index (χ3v) is 3.08. The minimum atomic E-state index is 0.783. The molecule has 0 aliphatic carbocycles. The third kappa shape index (κ3) is 2.84. The Morgan fingerprint density at radius 3 is 2.78 bits per heavy atom. The van der Waals surface area contributed by atoms with E-state index in [0.29, 0.717) is 0 Å². The van der Waals surface area contributed by atoms with Gasteiger partial charge >= 0.3 is 0 Å². The molecular formula is C12H11N5S. The number of nitrogens with zero attached hydrogens (tertiary/aromatic N) is 3. The zero-order chi connectivity index (χ0) is 12.8. The van der Waals surface area contributed by atoms with Crippen molar-refractivity contribution in [1.82, 2.24) is 10.3 Å². The molecule has 18 heavy (non-hydrogen) atoms. The van der Waals surface area contributed by atoms with E-state index in [0.717, 1.165) is 22.1 Å². The second-order valence-corrected chi connectivity index (χ2v) is 4.21. The van der Waals surface area contributed by atoms with Gasteiger partial charge in [-0.2, -0.15) is 5.26 Å². The SMILES string of the molecule is CNc1nc(-c2ccc(N=CNC#N)cc2)cs1. The molecule has 1 aromatic carbocycles. The van der Waals surface area contributed by atoms with Gasteiger partial charge < -0.3 is 5.32 Å². The van der Waals surface area contributed by atoms with Crippen LogP contribution in [0, 0.1) is 11.5 Å². The molecule has 2 rings (SSSR count). The Morgan fingerprint density at radius 1 is 1.39 bits per heavy atom. The van der Waals surface area contributed by atoms with E-state index < -0.39 is 0 Å². The van der Waals surface area contributed by atoms with Gasteiger partial charge in [0.15, 0.2) is 11.3 Å². The van der Waals surface area contributed by atoms with Gasteiger partial charge in [0, 0.05) is 18.0 Å². The lowest BCUT2D eigenvalue weighted by atomic mass is 10.1. The Hall–Kier alpha value is -2.39. The quantitative estimate of drug-likeness (QED) is 0.382. The van der Waals surface area contributed by atoms with Crippen molar-refractivity contribution >= 4 is 28.5 Å². The van der Waals surface area contributed by atoms with E-state index in [4.69, 9.17) is 5.26 Å². The fourth-order valence-electron chi connectivity index (χ4n) is 1.38. The lowest BCUT2D eigenvalue weighted by molar-refractivity contribution is 1.29. The summed E-state index contributed by atoms with van der Waals surface area (Å²) in [6.07, 6.45) is 3.13.